The maximum atomic E-state index is 13.0. The number of urea groups is 1. The van der Waals surface area contributed by atoms with Gasteiger partial charge in [0.25, 0.3) is 0 Å². The molecule has 0 spiro atoms. The average molecular weight is 286 g/mol. The molecule has 19 heavy (non-hydrogen) atoms. The lowest BCUT2D eigenvalue weighted by Crippen LogP contribution is -2.36. The van der Waals surface area contributed by atoms with E-state index < -0.39 is 5.82 Å². The highest BCUT2D eigenvalue weighted by Gasteiger charge is 2.18. The minimum absolute atomic E-state index is 0.00399. The van der Waals surface area contributed by atoms with Gasteiger partial charge < -0.3 is 16.0 Å². The lowest BCUT2D eigenvalue weighted by atomic mass is 10.1. The van der Waals surface area contributed by atoms with Crippen LogP contribution >= 0.6 is 11.6 Å². The molecule has 1 atom stereocenters. The van der Waals surface area contributed by atoms with Crippen LogP contribution in [0.25, 0.3) is 0 Å². The number of carbonyl (C=O) groups is 1. The number of hydrogen-bond acceptors (Lipinski definition) is 2. The molecule has 1 saturated heterocycles. The third kappa shape index (κ3) is 3.81. The van der Waals surface area contributed by atoms with Crippen molar-refractivity contribution in [1.82, 2.24) is 4.90 Å². The molecule has 0 bridgehead atoms. The first-order valence-electron chi connectivity index (χ1n) is 6.33. The average Bonchev–Trinajstić information content (AvgIpc) is 2.59. The van der Waals surface area contributed by atoms with E-state index in [1.165, 1.54) is 18.2 Å². The zero-order valence-corrected chi connectivity index (χ0v) is 11.3. The van der Waals surface area contributed by atoms with E-state index in [1.807, 2.05) is 0 Å². The van der Waals surface area contributed by atoms with Crippen molar-refractivity contribution in [3.05, 3.63) is 29.0 Å². The Morgan fingerprint density at radius 2 is 2.21 bits per heavy atom. The van der Waals surface area contributed by atoms with Crippen molar-refractivity contribution in [2.24, 2.45) is 5.73 Å². The molecule has 104 valence electrons. The highest BCUT2D eigenvalue weighted by molar-refractivity contribution is 6.31. The van der Waals surface area contributed by atoms with Crippen LogP contribution in [0.3, 0.4) is 0 Å². The number of nitrogens with one attached hydrogen (secondary N) is 1. The molecule has 0 saturated carbocycles. The fraction of sp³-hybridized carbons (Fsp3) is 0.462. The first-order chi connectivity index (χ1) is 9.06. The van der Waals surface area contributed by atoms with Gasteiger partial charge in [0.05, 0.1) is 5.02 Å². The summed E-state index contributed by atoms with van der Waals surface area (Å²) in [7, 11) is 0. The van der Waals surface area contributed by atoms with Gasteiger partial charge in [-0.1, -0.05) is 11.6 Å². The number of hydrogen-bond donors (Lipinski definition) is 2. The van der Waals surface area contributed by atoms with E-state index in [0.29, 0.717) is 18.8 Å². The van der Waals surface area contributed by atoms with Gasteiger partial charge in [-0.05, 0) is 37.5 Å². The number of anilines is 1. The molecule has 1 aromatic carbocycles. The minimum atomic E-state index is -0.500. The van der Waals surface area contributed by atoms with Gasteiger partial charge in [0.2, 0.25) is 0 Å². The molecule has 6 heteroatoms. The van der Waals surface area contributed by atoms with Crippen LogP contribution in [0.15, 0.2) is 18.2 Å². The number of amides is 2. The number of benzene rings is 1. The normalized spacial score (nSPS) is 19.9. The fourth-order valence-electron chi connectivity index (χ4n) is 2.10. The predicted molar refractivity (Wildman–Crippen MR) is 73.8 cm³/mol. The van der Waals surface area contributed by atoms with Gasteiger partial charge in [0.1, 0.15) is 5.82 Å². The Kier molecular flexibility index (Phi) is 4.61. The van der Waals surface area contributed by atoms with Crippen molar-refractivity contribution in [2.45, 2.75) is 25.3 Å². The first kappa shape index (κ1) is 14.1. The van der Waals surface area contributed by atoms with Crippen LogP contribution in [-0.2, 0) is 0 Å². The quantitative estimate of drug-likeness (QED) is 0.833. The zero-order chi connectivity index (χ0) is 13.8. The molecular weight excluding hydrogens is 269 g/mol. The summed E-state index contributed by atoms with van der Waals surface area (Å²) in [6.45, 7) is 1.33. The lowest BCUT2D eigenvalue weighted by molar-refractivity contribution is 0.213. The molecule has 1 aromatic rings. The molecule has 0 radical (unpaired) electrons. The molecule has 1 fully saturated rings. The molecular formula is C13H17ClFN3O. The fourth-order valence-corrected chi connectivity index (χ4v) is 2.28. The highest BCUT2D eigenvalue weighted by atomic mass is 35.5. The predicted octanol–water partition coefficient (Wildman–Crippen LogP) is 2.82. The lowest BCUT2D eigenvalue weighted by Gasteiger charge is -2.21. The summed E-state index contributed by atoms with van der Waals surface area (Å²) in [4.78, 5) is 13.8. The molecule has 0 aliphatic carbocycles. The van der Waals surface area contributed by atoms with E-state index >= 15 is 0 Å². The Morgan fingerprint density at radius 1 is 1.42 bits per heavy atom. The number of rotatable bonds is 1. The van der Waals surface area contributed by atoms with Crippen LogP contribution in [0.1, 0.15) is 19.3 Å². The topological polar surface area (TPSA) is 58.4 Å². The summed E-state index contributed by atoms with van der Waals surface area (Å²) >= 11 is 5.67. The van der Waals surface area contributed by atoms with Crippen LogP contribution in [0.4, 0.5) is 14.9 Å². The first-order valence-corrected chi connectivity index (χ1v) is 6.70. The monoisotopic (exact) mass is 285 g/mol. The molecule has 1 unspecified atom stereocenters. The van der Waals surface area contributed by atoms with Crippen LogP contribution in [0.2, 0.25) is 5.02 Å². The summed E-state index contributed by atoms with van der Waals surface area (Å²) < 4.78 is 13.0. The number of likely N-dealkylation sites (tertiary alicyclic amines) is 1. The van der Waals surface area contributed by atoms with Crippen molar-refractivity contribution in [1.29, 1.82) is 0 Å². The van der Waals surface area contributed by atoms with Crippen LogP contribution in [0.5, 0.6) is 0 Å². The van der Waals surface area contributed by atoms with E-state index in [2.05, 4.69) is 5.32 Å². The number of halogens is 2. The summed E-state index contributed by atoms with van der Waals surface area (Å²) in [5.74, 6) is -0.500. The minimum Gasteiger partial charge on any atom is -0.328 e. The molecule has 0 aromatic heterocycles. The Bertz CT molecular complexity index is 469. The molecule has 1 heterocycles. The van der Waals surface area contributed by atoms with Gasteiger partial charge in [0.15, 0.2) is 0 Å². The van der Waals surface area contributed by atoms with Crippen LogP contribution < -0.4 is 11.1 Å². The standard InChI is InChI=1S/C13H17ClFN3O/c14-11-8-10(3-4-12(11)15)17-13(19)18-6-1-2-9(16)5-7-18/h3-4,8-9H,1-2,5-7,16H2,(H,17,19). The summed E-state index contributed by atoms with van der Waals surface area (Å²) in [6, 6.07) is 4.09. The Morgan fingerprint density at radius 3 is 2.95 bits per heavy atom. The second-order valence-electron chi connectivity index (χ2n) is 4.74. The molecule has 1 aliphatic rings. The Labute approximate surface area is 116 Å². The summed E-state index contributed by atoms with van der Waals surface area (Å²) in [6.07, 6.45) is 2.64. The highest BCUT2D eigenvalue weighted by Crippen LogP contribution is 2.20. The van der Waals surface area contributed by atoms with Crippen molar-refractivity contribution < 1.29 is 9.18 Å². The smallest absolute Gasteiger partial charge is 0.321 e. The maximum Gasteiger partial charge on any atom is 0.321 e. The third-order valence-corrected chi connectivity index (χ3v) is 3.52. The number of nitrogens with two attached hydrogens (primary N) is 1. The molecule has 2 amide bonds. The van der Waals surface area contributed by atoms with E-state index in [1.54, 1.807) is 4.90 Å². The van der Waals surface area contributed by atoms with E-state index in [0.717, 1.165) is 19.3 Å². The van der Waals surface area contributed by atoms with Crippen molar-refractivity contribution in [3.63, 3.8) is 0 Å². The number of carbonyl (C=O) groups excluding carboxylic acids is 1. The van der Waals surface area contributed by atoms with Crippen LogP contribution in [-0.4, -0.2) is 30.1 Å². The van der Waals surface area contributed by atoms with Gasteiger partial charge in [-0.15, -0.1) is 0 Å². The second-order valence-corrected chi connectivity index (χ2v) is 5.14. The van der Waals surface area contributed by atoms with Gasteiger partial charge in [0, 0.05) is 24.8 Å². The zero-order valence-electron chi connectivity index (χ0n) is 10.5. The molecule has 3 N–H and O–H groups in total. The van der Waals surface area contributed by atoms with Gasteiger partial charge in [-0.2, -0.15) is 0 Å². The SMILES string of the molecule is NC1CCCN(C(=O)Nc2ccc(F)c(Cl)c2)CC1. The molecule has 1 aliphatic heterocycles. The van der Waals surface area contributed by atoms with Crippen molar-refractivity contribution >= 4 is 23.3 Å². The van der Waals surface area contributed by atoms with E-state index in [-0.39, 0.29) is 17.1 Å². The van der Waals surface area contributed by atoms with Gasteiger partial charge >= 0.3 is 6.03 Å². The Hall–Kier alpha value is -1.33. The maximum absolute atomic E-state index is 13.0. The Balaban J connectivity index is 1.98. The van der Waals surface area contributed by atoms with E-state index in [9.17, 15) is 9.18 Å². The van der Waals surface area contributed by atoms with E-state index in [4.69, 9.17) is 17.3 Å². The van der Waals surface area contributed by atoms with Crippen LogP contribution in [0, 0.1) is 5.82 Å². The van der Waals surface area contributed by atoms with Gasteiger partial charge in [-0.25, -0.2) is 9.18 Å². The largest absolute Gasteiger partial charge is 0.328 e. The molecule has 4 nitrogen and oxygen atoms in total. The molecule has 2 rings (SSSR count). The van der Waals surface area contributed by atoms with Crippen molar-refractivity contribution in [2.75, 3.05) is 18.4 Å². The second kappa shape index (κ2) is 6.21. The van der Waals surface area contributed by atoms with Crippen molar-refractivity contribution in [3.8, 4) is 0 Å². The summed E-state index contributed by atoms with van der Waals surface area (Å²) in [5, 5.41) is 2.71. The third-order valence-electron chi connectivity index (χ3n) is 3.23. The van der Waals surface area contributed by atoms with Gasteiger partial charge in [-0.3, -0.25) is 0 Å². The number of nitrogens with zero attached hydrogens (tertiary/aromatic N) is 1. The summed E-state index contributed by atoms with van der Waals surface area (Å²) in [5.41, 5.74) is 6.36.